The number of aromatic nitrogens is 1. The summed E-state index contributed by atoms with van der Waals surface area (Å²) in [5.74, 6) is 1.07. The Morgan fingerprint density at radius 1 is 1.19 bits per heavy atom. The number of allylic oxidation sites excluding steroid dienone is 1. The second-order valence-electron chi connectivity index (χ2n) is 14.1. The summed E-state index contributed by atoms with van der Waals surface area (Å²) in [7, 11) is -1.70. The van der Waals surface area contributed by atoms with E-state index < -0.39 is 21.9 Å². The number of nitrogens with zero attached hydrogens (tertiary/aromatic N) is 3. The molecule has 3 aliphatic carbocycles. The van der Waals surface area contributed by atoms with E-state index in [4.69, 9.17) is 26.1 Å². The third-order valence-electron chi connectivity index (χ3n) is 10.5. The number of amides is 3. The van der Waals surface area contributed by atoms with Crippen molar-refractivity contribution in [1.82, 2.24) is 15.0 Å². The van der Waals surface area contributed by atoms with Crippen LogP contribution in [0.5, 0.6) is 5.75 Å². The highest BCUT2D eigenvalue weighted by atomic mass is 35.5. The highest BCUT2D eigenvalue weighted by molar-refractivity contribution is 7.92. The van der Waals surface area contributed by atoms with Crippen LogP contribution in [0.3, 0.4) is 0 Å². The molecule has 0 radical (unpaired) electrons. The van der Waals surface area contributed by atoms with Crippen LogP contribution in [0.15, 0.2) is 46.8 Å². The van der Waals surface area contributed by atoms with Crippen molar-refractivity contribution in [3.05, 3.63) is 64.3 Å². The zero-order valence-electron chi connectivity index (χ0n) is 27.1. The SMILES string of the molecule is CO[C@H]1/C=C/C[C@H](C)C[S@@](=O)(NC(=O)NC2CC2)=NC(=O)c2ccc3c(n2)N(C[C@@H]2CC[C@H]21)C[C@@]1(CCCc2cc(Cl)ccc21)CO3. The van der Waals surface area contributed by atoms with Gasteiger partial charge in [0.2, 0.25) is 0 Å². The molecule has 7 rings (SSSR count). The molecule has 1 aromatic carbocycles. The molecule has 3 amide bonds. The molecule has 1 aromatic heterocycles. The van der Waals surface area contributed by atoms with E-state index in [1.165, 1.54) is 11.1 Å². The molecule has 5 aliphatic rings. The molecule has 10 nitrogen and oxygen atoms in total. The van der Waals surface area contributed by atoms with Crippen LogP contribution in [0.2, 0.25) is 5.02 Å². The molecule has 2 aliphatic heterocycles. The van der Waals surface area contributed by atoms with Gasteiger partial charge < -0.3 is 19.7 Å². The number of fused-ring (bicyclic) bond motifs is 4. The average molecular weight is 682 g/mol. The Morgan fingerprint density at radius 2 is 2.04 bits per heavy atom. The monoisotopic (exact) mass is 681 g/mol. The lowest BCUT2D eigenvalue weighted by atomic mass is 9.68. The molecule has 2 N–H and O–H groups in total. The van der Waals surface area contributed by atoms with Gasteiger partial charge in [0.1, 0.15) is 15.6 Å². The summed E-state index contributed by atoms with van der Waals surface area (Å²) < 4.78 is 33.5. The van der Waals surface area contributed by atoms with Crippen molar-refractivity contribution in [3.8, 4) is 5.75 Å². The lowest BCUT2D eigenvalue weighted by Gasteiger charge is -2.45. The Hall–Kier alpha value is -3.15. The van der Waals surface area contributed by atoms with Crippen molar-refractivity contribution in [1.29, 1.82) is 0 Å². The molecule has 0 unspecified atom stereocenters. The first kappa shape index (κ1) is 32.4. The van der Waals surface area contributed by atoms with Gasteiger partial charge >= 0.3 is 11.9 Å². The number of nitrogens with one attached hydrogen (secondary N) is 2. The van der Waals surface area contributed by atoms with Gasteiger partial charge in [-0.2, -0.15) is 0 Å². The first-order valence-electron chi connectivity index (χ1n) is 16.9. The molecule has 12 heteroatoms. The number of ether oxygens (including phenoxy) is 2. The molecular formula is C35H44ClN5O5S. The van der Waals surface area contributed by atoms with Crippen LogP contribution in [0.4, 0.5) is 10.6 Å². The predicted molar refractivity (Wildman–Crippen MR) is 182 cm³/mol. The average Bonchev–Trinajstić information content (AvgIpc) is 3.85. The number of hydrogen-bond acceptors (Lipinski definition) is 7. The van der Waals surface area contributed by atoms with Gasteiger partial charge in [-0.3, -0.25) is 9.52 Å². The van der Waals surface area contributed by atoms with E-state index >= 15 is 0 Å². The van der Waals surface area contributed by atoms with Gasteiger partial charge in [-0.15, -0.1) is 4.36 Å². The zero-order valence-corrected chi connectivity index (χ0v) is 28.7. The number of carbonyl (C=O) groups excluding carboxylic acids is 2. The van der Waals surface area contributed by atoms with Crippen molar-refractivity contribution in [2.75, 3.05) is 37.5 Å². The first-order valence-corrected chi connectivity index (χ1v) is 18.9. The molecule has 252 valence electrons. The van der Waals surface area contributed by atoms with Crippen molar-refractivity contribution >= 4 is 39.3 Å². The highest BCUT2D eigenvalue weighted by Crippen LogP contribution is 2.46. The van der Waals surface area contributed by atoms with E-state index in [0.717, 1.165) is 56.5 Å². The number of methoxy groups -OCH3 is 1. The minimum atomic E-state index is -3.46. The number of carbonyl (C=O) groups is 2. The van der Waals surface area contributed by atoms with Crippen LogP contribution < -0.4 is 19.7 Å². The van der Waals surface area contributed by atoms with E-state index in [2.05, 4.69) is 43.6 Å². The molecular weight excluding hydrogens is 638 g/mol. The van der Waals surface area contributed by atoms with Gasteiger partial charge in [-0.1, -0.05) is 36.7 Å². The van der Waals surface area contributed by atoms with Crippen molar-refractivity contribution in [2.24, 2.45) is 22.1 Å². The fourth-order valence-corrected chi connectivity index (χ4v) is 9.82. The van der Waals surface area contributed by atoms with E-state index in [0.29, 0.717) is 43.0 Å². The van der Waals surface area contributed by atoms with Gasteiger partial charge in [0.25, 0.3) is 0 Å². The maximum absolute atomic E-state index is 14.2. The maximum Gasteiger partial charge on any atom is 0.327 e. The normalized spacial score (nSPS) is 32.8. The Balaban J connectivity index is 1.29. The lowest BCUT2D eigenvalue weighted by molar-refractivity contribution is 0.0131. The van der Waals surface area contributed by atoms with Crippen molar-refractivity contribution in [2.45, 2.75) is 75.9 Å². The quantitative estimate of drug-likeness (QED) is 0.391. The molecule has 0 saturated heterocycles. The van der Waals surface area contributed by atoms with Crippen LogP contribution in [0.1, 0.15) is 73.5 Å². The minimum Gasteiger partial charge on any atom is -0.489 e. The molecule has 2 fully saturated rings. The fraction of sp³-hybridized carbons (Fsp3) is 0.571. The van der Waals surface area contributed by atoms with Gasteiger partial charge in [0, 0.05) is 36.7 Å². The summed E-state index contributed by atoms with van der Waals surface area (Å²) in [5, 5.41) is 3.54. The van der Waals surface area contributed by atoms with Crippen molar-refractivity contribution in [3.63, 3.8) is 0 Å². The molecule has 1 spiro atoms. The number of urea groups is 1. The van der Waals surface area contributed by atoms with Crippen LogP contribution in [-0.4, -0.2) is 65.8 Å². The van der Waals surface area contributed by atoms with Gasteiger partial charge in [-0.25, -0.2) is 14.0 Å². The summed E-state index contributed by atoms with van der Waals surface area (Å²) in [4.78, 5) is 33.7. The smallest absolute Gasteiger partial charge is 0.327 e. The standard InChI is InChI=1S/C35H44ClN5O5S/c1-22-5-3-7-30(45-2)27-12-8-24(27)18-41-20-35(16-4-6-23-17-25(36)9-13-28(23)35)21-46-31-15-14-29(38-32(31)41)33(42)39-47(44,19-22)40-34(43)37-26-10-11-26/h3,7,9,13-15,17,22,24,26-27,30H,4-6,8,10-12,16,18-21H2,1-2H3,(H2,37,39,40,42,43,44)/b7-3+/t22-,24-,27+,30-,35-,47-/m0/s1. The summed E-state index contributed by atoms with van der Waals surface area (Å²) in [6, 6.07) is 9.05. The van der Waals surface area contributed by atoms with Crippen LogP contribution in [-0.2, 0) is 26.5 Å². The molecule has 47 heavy (non-hydrogen) atoms. The number of aryl methyl sites for hydroxylation is 1. The number of benzene rings is 1. The number of hydrogen-bond donors (Lipinski definition) is 2. The molecule has 2 saturated carbocycles. The third-order valence-corrected chi connectivity index (χ3v) is 12.7. The lowest BCUT2D eigenvalue weighted by Crippen LogP contribution is -2.49. The van der Waals surface area contributed by atoms with E-state index in [1.807, 2.05) is 13.0 Å². The minimum absolute atomic E-state index is 0.0248. The number of pyridine rings is 1. The summed E-state index contributed by atoms with van der Waals surface area (Å²) in [6.07, 6.45) is 11.6. The van der Waals surface area contributed by atoms with E-state index in [9.17, 15) is 13.8 Å². The van der Waals surface area contributed by atoms with Crippen molar-refractivity contribution < 1.29 is 23.3 Å². The number of anilines is 1. The Bertz CT molecular complexity index is 1700. The van der Waals surface area contributed by atoms with Gasteiger partial charge in [0.15, 0.2) is 11.6 Å². The number of halogens is 1. The maximum atomic E-state index is 14.2. The summed E-state index contributed by atoms with van der Waals surface area (Å²) in [6.45, 7) is 3.83. The predicted octanol–water partition coefficient (Wildman–Crippen LogP) is 5.83. The zero-order chi connectivity index (χ0) is 32.8. The molecule has 6 atom stereocenters. The molecule has 2 aromatic rings. The Morgan fingerprint density at radius 3 is 2.81 bits per heavy atom. The van der Waals surface area contributed by atoms with Crippen LogP contribution in [0, 0.1) is 17.8 Å². The molecule has 2 bridgehead atoms. The van der Waals surface area contributed by atoms with Gasteiger partial charge in [0.05, 0.1) is 18.5 Å². The van der Waals surface area contributed by atoms with Crippen LogP contribution in [0.25, 0.3) is 0 Å². The summed E-state index contributed by atoms with van der Waals surface area (Å²) >= 11 is 6.43. The second kappa shape index (κ2) is 13.0. The highest BCUT2D eigenvalue weighted by Gasteiger charge is 2.45. The van der Waals surface area contributed by atoms with E-state index in [-0.39, 0.29) is 34.9 Å². The molecule has 3 heterocycles. The fourth-order valence-electron chi connectivity index (χ4n) is 7.80. The Labute approximate surface area is 282 Å². The first-order chi connectivity index (χ1) is 22.6. The summed E-state index contributed by atoms with van der Waals surface area (Å²) in [5.41, 5.74) is 2.30. The third kappa shape index (κ3) is 6.89. The number of rotatable bonds is 3. The van der Waals surface area contributed by atoms with E-state index in [1.54, 1.807) is 19.2 Å². The topological polar surface area (TPSA) is 122 Å². The largest absolute Gasteiger partial charge is 0.489 e. The Kier molecular flexibility index (Phi) is 8.99. The van der Waals surface area contributed by atoms with Gasteiger partial charge in [-0.05, 0) is 105 Å². The van der Waals surface area contributed by atoms with Crippen LogP contribution >= 0.6 is 11.6 Å². The second-order valence-corrected chi connectivity index (χ2v) is 16.6.